The molecule has 1 unspecified atom stereocenters. The summed E-state index contributed by atoms with van der Waals surface area (Å²) in [5, 5.41) is 0. The van der Waals surface area contributed by atoms with E-state index in [1.54, 1.807) is 29.9 Å². The van der Waals surface area contributed by atoms with Gasteiger partial charge in [0, 0.05) is 43.2 Å². The van der Waals surface area contributed by atoms with Gasteiger partial charge in [0.2, 0.25) is 5.91 Å². The van der Waals surface area contributed by atoms with Gasteiger partial charge in [-0.3, -0.25) is 19.6 Å². The Bertz CT molecular complexity index is 937. The van der Waals surface area contributed by atoms with Gasteiger partial charge >= 0.3 is 5.97 Å². The van der Waals surface area contributed by atoms with E-state index < -0.39 is 0 Å². The Hall–Kier alpha value is -2.32. The molecule has 1 amide bonds. The standard InChI is InChI=1S/C22H25N3O4S/c26-20(2-1-15-3-11-28-21(15)27)25-9-5-22(6-10-25)16-13-19(17-14-23-7-8-24-17)30-18(16)4-12-29-22/h7-8,13-15H,1-6,9-12H2. The lowest BCUT2D eigenvalue weighted by molar-refractivity contribution is -0.142. The Balaban J connectivity index is 1.25. The zero-order valence-electron chi connectivity index (χ0n) is 16.8. The second kappa shape index (κ2) is 8.07. The summed E-state index contributed by atoms with van der Waals surface area (Å²) in [6.45, 7) is 2.57. The third-order valence-corrected chi connectivity index (χ3v) is 7.71. The van der Waals surface area contributed by atoms with E-state index in [9.17, 15) is 9.59 Å². The van der Waals surface area contributed by atoms with Crippen molar-refractivity contribution in [1.82, 2.24) is 14.9 Å². The number of amides is 1. The fourth-order valence-corrected chi connectivity index (χ4v) is 5.95. The summed E-state index contributed by atoms with van der Waals surface area (Å²) in [6.07, 6.45) is 9.45. The van der Waals surface area contributed by atoms with Crippen molar-refractivity contribution in [2.24, 2.45) is 5.92 Å². The van der Waals surface area contributed by atoms with Crippen molar-refractivity contribution in [3.05, 3.63) is 35.1 Å². The van der Waals surface area contributed by atoms with E-state index >= 15 is 0 Å². The number of nitrogens with zero attached hydrogens (tertiary/aromatic N) is 3. The molecule has 0 radical (unpaired) electrons. The molecule has 5 heterocycles. The minimum absolute atomic E-state index is 0.111. The van der Waals surface area contributed by atoms with Crippen molar-refractivity contribution in [3.63, 3.8) is 0 Å². The average Bonchev–Trinajstić information content (AvgIpc) is 3.40. The van der Waals surface area contributed by atoms with E-state index in [4.69, 9.17) is 9.47 Å². The van der Waals surface area contributed by atoms with E-state index in [-0.39, 0.29) is 23.4 Å². The van der Waals surface area contributed by atoms with Crippen LogP contribution in [0.5, 0.6) is 0 Å². The van der Waals surface area contributed by atoms with Gasteiger partial charge in [-0.25, -0.2) is 0 Å². The fraction of sp³-hybridized carbons (Fsp3) is 0.545. The second-order valence-electron chi connectivity index (χ2n) is 8.20. The minimum Gasteiger partial charge on any atom is -0.465 e. The number of aromatic nitrogens is 2. The maximum absolute atomic E-state index is 12.7. The van der Waals surface area contributed by atoms with Crippen molar-refractivity contribution in [1.29, 1.82) is 0 Å². The highest BCUT2D eigenvalue weighted by Crippen LogP contribution is 2.46. The molecule has 0 bridgehead atoms. The monoisotopic (exact) mass is 427 g/mol. The number of fused-ring (bicyclic) bond motifs is 2. The fourth-order valence-electron chi connectivity index (χ4n) is 4.76. The van der Waals surface area contributed by atoms with Crippen LogP contribution in [-0.4, -0.2) is 53.0 Å². The second-order valence-corrected chi connectivity index (χ2v) is 9.34. The van der Waals surface area contributed by atoms with Gasteiger partial charge in [-0.15, -0.1) is 11.3 Å². The summed E-state index contributed by atoms with van der Waals surface area (Å²) in [5.41, 5.74) is 1.85. The normalized spacial score (nSPS) is 22.7. The first-order chi connectivity index (χ1) is 14.6. The number of hydrogen-bond acceptors (Lipinski definition) is 7. The smallest absolute Gasteiger partial charge is 0.309 e. The first kappa shape index (κ1) is 19.6. The molecule has 2 fully saturated rings. The van der Waals surface area contributed by atoms with Gasteiger partial charge < -0.3 is 14.4 Å². The predicted octanol–water partition coefficient (Wildman–Crippen LogP) is 2.94. The highest BCUT2D eigenvalue weighted by atomic mass is 32.1. The Morgan fingerprint density at radius 2 is 2.13 bits per heavy atom. The minimum atomic E-state index is -0.309. The third kappa shape index (κ3) is 3.63. The topological polar surface area (TPSA) is 81.6 Å². The van der Waals surface area contributed by atoms with Crippen LogP contribution >= 0.6 is 11.3 Å². The summed E-state index contributed by atoms with van der Waals surface area (Å²) in [4.78, 5) is 37.4. The number of piperidine rings is 1. The van der Waals surface area contributed by atoms with E-state index in [2.05, 4.69) is 16.0 Å². The number of carbonyl (C=O) groups is 2. The van der Waals surface area contributed by atoms with Gasteiger partial charge in [0.25, 0.3) is 0 Å². The van der Waals surface area contributed by atoms with E-state index in [1.807, 2.05) is 4.90 Å². The zero-order valence-corrected chi connectivity index (χ0v) is 17.7. The lowest BCUT2D eigenvalue weighted by Crippen LogP contribution is -2.48. The van der Waals surface area contributed by atoms with Crippen LogP contribution < -0.4 is 0 Å². The average molecular weight is 428 g/mol. The molecule has 0 N–H and O–H groups in total. The maximum atomic E-state index is 12.7. The van der Waals surface area contributed by atoms with E-state index in [0.717, 1.165) is 36.3 Å². The number of carbonyl (C=O) groups excluding carboxylic acids is 2. The van der Waals surface area contributed by atoms with Crippen LogP contribution in [0.4, 0.5) is 0 Å². The van der Waals surface area contributed by atoms with Crippen LogP contribution in [0, 0.1) is 5.92 Å². The van der Waals surface area contributed by atoms with Crippen LogP contribution in [0.3, 0.4) is 0 Å². The molecule has 30 heavy (non-hydrogen) atoms. The van der Waals surface area contributed by atoms with Gasteiger partial charge in [-0.2, -0.15) is 0 Å². The number of hydrogen-bond donors (Lipinski definition) is 0. The van der Waals surface area contributed by atoms with Gasteiger partial charge in [-0.1, -0.05) is 0 Å². The summed E-state index contributed by atoms with van der Waals surface area (Å²) < 4.78 is 11.3. The summed E-state index contributed by atoms with van der Waals surface area (Å²) in [7, 11) is 0. The Morgan fingerprint density at radius 1 is 1.27 bits per heavy atom. The quantitative estimate of drug-likeness (QED) is 0.698. The molecule has 3 aliphatic heterocycles. The molecule has 2 aromatic rings. The molecule has 1 spiro atoms. The number of cyclic esters (lactones) is 1. The SMILES string of the molecule is O=C1OCCC1CCC(=O)N1CCC2(CC1)OCCc1sc(-c3cnccn3)cc12. The van der Waals surface area contributed by atoms with Crippen LogP contribution in [0.1, 0.15) is 42.5 Å². The lowest BCUT2D eigenvalue weighted by atomic mass is 9.82. The molecule has 158 valence electrons. The molecule has 0 aromatic carbocycles. The number of rotatable bonds is 4. The molecule has 7 nitrogen and oxygen atoms in total. The molecule has 1 atom stereocenters. The number of likely N-dealkylation sites (tertiary alicyclic amines) is 1. The predicted molar refractivity (Wildman–Crippen MR) is 111 cm³/mol. The first-order valence-corrected chi connectivity index (χ1v) is 11.4. The highest BCUT2D eigenvalue weighted by molar-refractivity contribution is 7.15. The Kier molecular flexibility index (Phi) is 5.28. The van der Waals surface area contributed by atoms with Crippen molar-refractivity contribution in [2.45, 2.75) is 44.1 Å². The lowest BCUT2D eigenvalue weighted by Gasteiger charge is -2.44. The maximum Gasteiger partial charge on any atom is 0.309 e. The van der Waals surface area contributed by atoms with Crippen LogP contribution in [-0.2, 0) is 31.1 Å². The molecule has 2 saturated heterocycles. The van der Waals surface area contributed by atoms with Crippen molar-refractivity contribution in [2.75, 3.05) is 26.3 Å². The Morgan fingerprint density at radius 3 is 2.87 bits per heavy atom. The van der Waals surface area contributed by atoms with Crippen LogP contribution in [0.25, 0.3) is 10.6 Å². The van der Waals surface area contributed by atoms with Crippen molar-refractivity contribution < 1.29 is 19.1 Å². The van der Waals surface area contributed by atoms with Crippen LogP contribution in [0.2, 0.25) is 0 Å². The highest BCUT2D eigenvalue weighted by Gasteiger charge is 2.43. The summed E-state index contributed by atoms with van der Waals surface area (Å²) in [6, 6.07) is 2.21. The number of esters is 1. The molecule has 0 saturated carbocycles. The first-order valence-electron chi connectivity index (χ1n) is 10.6. The third-order valence-electron chi connectivity index (χ3n) is 6.50. The van der Waals surface area contributed by atoms with Gasteiger partial charge in [0.1, 0.15) is 0 Å². The molecule has 5 rings (SSSR count). The molecular weight excluding hydrogens is 402 g/mol. The summed E-state index contributed by atoms with van der Waals surface area (Å²) in [5.74, 6) is -0.134. The number of thiophene rings is 1. The number of ether oxygens (including phenoxy) is 2. The molecule has 3 aliphatic rings. The van der Waals surface area contributed by atoms with Crippen molar-refractivity contribution in [3.8, 4) is 10.6 Å². The molecular formula is C22H25N3O4S. The van der Waals surface area contributed by atoms with E-state index in [1.165, 1.54) is 10.4 Å². The molecule has 8 heteroatoms. The van der Waals surface area contributed by atoms with Gasteiger partial charge in [0.05, 0.1) is 41.5 Å². The van der Waals surface area contributed by atoms with Gasteiger partial charge in [-0.05, 0) is 37.3 Å². The van der Waals surface area contributed by atoms with E-state index in [0.29, 0.717) is 39.1 Å². The van der Waals surface area contributed by atoms with Crippen LogP contribution in [0.15, 0.2) is 24.7 Å². The zero-order chi connectivity index (χ0) is 20.6. The Labute approximate surface area is 179 Å². The van der Waals surface area contributed by atoms with Gasteiger partial charge in [0.15, 0.2) is 0 Å². The summed E-state index contributed by atoms with van der Waals surface area (Å²) >= 11 is 1.78. The van der Waals surface area contributed by atoms with Crippen molar-refractivity contribution >= 4 is 23.2 Å². The molecule has 2 aromatic heterocycles. The molecule has 0 aliphatic carbocycles. The largest absolute Gasteiger partial charge is 0.465 e.